The molecule has 4 nitrogen and oxygen atoms in total. The van der Waals surface area contributed by atoms with E-state index in [1.165, 1.54) is 0 Å². The van der Waals surface area contributed by atoms with Crippen LogP contribution in [-0.4, -0.2) is 22.2 Å². The van der Waals surface area contributed by atoms with Gasteiger partial charge in [0.2, 0.25) is 0 Å². The SMILES string of the molecule is CCCCC(C(=O)O)=C(C(=O)O)C(C)(C)C. The van der Waals surface area contributed by atoms with Gasteiger partial charge in [0.1, 0.15) is 0 Å². The number of aliphatic carboxylic acids is 2. The van der Waals surface area contributed by atoms with Crippen molar-refractivity contribution >= 4 is 11.9 Å². The Labute approximate surface area is 96.0 Å². The number of unbranched alkanes of at least 4 members (excludes halogenated alkanes) is 1. The van der Waals surface area contributed by atoms with E-state index in [1.807, 2.05) is 6.92 Å². The summed E-state index contributed by atoms with van der Waals surface area (Å²) < 4.78 is 0. The summed E-state index contributed by atoms with van der Waals surface area (Å²) in [7, 11) is 0. The average molecular weight is 228 g/mol. The van der Waals surface area contributed by atoms with Gasteiger partial charge in [0.15, 0.2) is 0 Å². The van der Waals surface area contributed by atoms with Crippen LogP contribution in [-0.2, 0) is 9.59 Å². The monoisotopic (exact) mass is 228 g/mol. The maximum atomic E-state index is 11.1. The first-order valence-electron chi connectivity index (χ1n) is 5.42. The molecule has 2 N–H and O–H groups in total. The third-order valence-electron chi connectivity index (χ3n) is 2.30. The smallest absolute Gasteiger partial charge is 0.332 e. The van der Waals surface area contributed by atoms with Crippen molar-refractivity contribution in [2.24, 2.45) is 5.41 Å². The number of hydrogen-bond acceptors (Lipinski definition) is 2. The number of carboxylic acid groups (broad SMARTS) is 2. The molecule has 0 amide bonds. The fourth-order valence-electron chi connectivity index (χ4n) is 1.59. The highest BCUT2D eigenvalue weighted by Gasteiger charge is 2.29. The summed E-state index contributed by atoms with van der Waals surface area (Å²) >= 11 is 0. The van der Waals surface area contributed by atoms with Gasteiger partial charge in [0, 0.05) is 5.57 Å². The molecule has 0 fully saturated rings. The van der Waals surface area contributed by atoms with Crippen molar-refractivity contribution in [1.82, 2.24) is 0 Å². The van der Waals surface area contributed by atoms with E-state index in [2.05, 4.69) is 0 Å². The third-order valence-corrected chi connectivity index (χ3v) is 2.30. The molecule has 0 unspecified atom stereocenters. The van der Waals surface area contributed by atoms with Crippen LogP contribution >= 0.6 is 0 Å². The zero-order chi connectivity index (χ0) is 12.9. The number of carboxylic acids is 2. The van der Waals surface area contributed by atoms with Gasteiger partial charge in [-0.25, -0.2) is 9.59 Å². The normalized spacial score (nSPS) is 13.2. The molecule has 0 radical (unpaired) electrons. The molecule has 0 bridgehead atoms. The van der Waals surface area contributed by atoms with Crippen molar-refractivity contribution < 1.29 is 19.8 Å². The Morgan fingerprint density at radius 3 is 1.81 bits per heavy atom. The second kappa shape index (κ2) is 5.68. The highest BCUT2D eigenvalue weighted by atomic mass is 16.4. The number of carbonyl (C=O) groups is 2. The molecule has 0 spiro atoms. The Bertz CT molecular complexity index is 307. The van der Waals surface area contributed by atoms with E-state index in [0.29, 0.717) is 12.8 Å². The zero-order valence-electron chi connectivity index (χ0n) is 10.3. The van der Waals surface area contributed by atoms with Crippen LogP contribution in [0.3, 0.4) is 0 Å². The second-order valence-corrected chi connectivity index (χ2v) is 4.82. The Morgan fingerprint density at radius 1 is 1.06 bits per heavy atom. The lowest BCUT2D eigenvalue weighted by molar-refractivity contribution is -0.137. The van der Waals surface area contributed by atoms with Gasteiger partial charge in [-0.3, -0.25) is 0 Å². The molecule has 0 saturated carbocycles. The van der Waals surface area contributed by atoms with Crippen LogP contribution in [0.1, 0.15) is 47.0 Å². The van der Waals surface area contributed by atoms with Gasteiger partial charge in [0.25, 0.3) is 0 Å². The summed E-state index contributed by atoms with van der Waals surface area (Å²) in [5.41, 5.74) is -0.622. The topological polar surface area (TPSA) is 74.6 Å². The van der Waals surface area contributed by atoms with Crippen LogP contribution in [0.4, 0.5) is 0 Å². The van der Waals surface area contributed by atoms with Gasteiger partial charge < -0.3 is 10.2 Å². The van der Waals surface area contributed by atoms with Crippen LogP contribution < -0.4 is 0 Å². The van der Waals surface area contributed by atoms with E-state index in [4.69, 9.17) is 10.2 Å². The first-order chi connectivity index (χ1) is 7.21. The molecule has 0 aliphatic carbocycles. The molecule has 0 heterocycles. The molecule has 92 valence electrons. The van der Waals surface area contributed by atoms with Gasteiger partial charge >= 0.3 is 11.9 Å². The minimum absolute atomic E-state index is 0.00782. The number of rotatable bonds is 5. The average Bonchev–Trinajstić information content (AvgIpc) is 2.08. The first-order valence-corrected chi connectivity index (χ1v) is 5.42. The van der Waals surface area contributed by atoms with E-state index in [-0.39, 0.29) is 11.1 Å². The molecule has 0 rings (SSSR count). The van der Waals surface area contributed by atoms with Crippen LogP contribution in [0.5, 0.6) is 0 Å². The fraction of sp³-hybridized carbons (Fsp3) is 0.667. The van der Waals surface area contributed by atoms with E-state index in [1.54, 1.807) is 20.8 Å². The molecule has 0 aromatic rings. The van der Waals surface area contributed by atoms with Crippen LogP contribution in [0.25, 0.3) is 0 Å². The van der Waals surface area contributed by atoms with Crippen LogP contribution in [0.15, 0.2) is 11.1 Å². The lowest BCUT2D eigenvalue weighted by Crippen LogP contribution is -2.23. The van der Waals surface area contributed by atoms with Crippen LogP contribution in [0.2, 0.25) is 0 Å². The Kier molecular flexibility index (Phi) is 5.21. The minimum atomic E-state index is -1.14. The van der Waals surface area contributed by atoms with E-state index in [0.717, 1.165) is 6.42 Å². The predicted octanol–water partition coefficient (Wildman–Crippen LogP) is 2.69. The van der Waals surface area contributed by atoms with E-state index < -0.39 is 17.4 Å². The molecule has 4 heteroatoms. The van der Waals surface area contributed by atoms with Crippen molar-refractivity contribution in [1.29, 1.82) is 0 Å². The standard InChI is InChI=1S/C12H20O4/c1-5-6-7-8(10(13)14)9(11(15)16)12(2,3)4/h5-7H2,1-4H3,(H,13,14)(H,15,16). The molecule has 16 heavy (non-hydrogen) atoms. The van der Waals surface area contributed by atoms with Gasteiger partial charge in [-0.1, -0.05) is 34.1 Å². The largest absolute Gasteiger partial charge is 0.478 e. The van der Waals surface area contributed by atoms with Gasteiger partial charge in [-0.05, 0) is 18.3 Å². The lowest BCUT2D eigenvalue weighted by atomic mass is 9.82. The minimum Gasteiger partial charge on any atom is -0.478 e. The molecule has 0 aliphatic rings. The lowest BCUT2D eigenvalue weighted by Gasteiger charge is -2.22. The quantitative estimate of drug-likeness (QED) is 0.709. The third kappa shape index (κ3) is 4.04. The predicted molar refractivity (Wildman–Crippen MR) is 61.3 cm³/mol. The number of hydrogen-bond donors (Lipinski definition) is 2. The van der Waals surface area contributed by atoms with Gasteiger partial charge in [-0.2, -0.15) is 0 Å². The van der Waals surface area contributed by atoms with Crippen molar-refractivity contribution in [3.8, 4) is 0 Å². The van der Waals surface area contributed by atoms with Crippen molar-refractivity contribution in [3.05, 3.63) is 11.1 Å². The highest BCUT2D eigenvalue weighted by molar-refractivity contribution is 5.99. The first kappa shape index (κ1) is 14.7. The highest BCUT2D eigenvalue weighted by Crippen LogP contribution is 2.30. The molecule has 0 aromatic heterocycles. The molecule has 0 aromatic carbocycles. The molecule has 0 atom stereocenters. The summed E-state index contributed by atoms with van der Waals surface area (Å²) in [5, 5.41) is 18.2. The molecule has 0 aliphatic heterocycles. The Morgan fingerprint density at radius 2 is 1.56 bits per heavy atom. The van der Waals surface area contributed by atoms with Gasteiger partial charge in [-0.15, -0.1) is 0 Å². The van der Waals surface area contributed by atoms with Gasteiger partial charge in [0.05, 0.1) is 5.57 Å². The second-order valence-electron chi connectivity index (χ2n) is 4.82. The summed E-state index contributed by atoms with van der Waals surface area (Å²) in [5.74, 6) is -2.26. The summed E-state index contributed by atoms with van der Waals surface area (Å²) in [6.45, 7) is 7.08. The van der Waals surface area contributed by atoms with Crippen molar-refractivity contribution in [3.63, 3.8) is 0 Å². The Balaban J connectivity index is 5.46. The molecule has 0 saturated heterocycles. The fourth-order valence-corrected chi connectivity index (χ4v) is 1.59. The van der Waals surface area contributed by atoms with E-state index >= 15 is 0 Å². The summed E-state index contributed by atoms with van der Waals surface area (Å²) in [6.07, 6.45) is 1.84. The van der Waals surface area contributed by atoms with Crippen LogP contribution in [0, 0.1) is 5.41 Å². The maximum absolute atomic E-state index is 11.1. The summed E-state index contributed by atoms with van der Waals surface area (Å²) in [6, 6.07) is 0. The zero-order valence-corrected chi connectivity index (χ0v) is 10.3. The molecular formula is C12H20O4. The van der Waals surface area contributed by atoms with Crippen molar-refractivity contribution in [2.75, 3.05) is 0 Å². The maximum Gasteiger partial charge on any atom is 0.332 e. The van der Waals surface area contributed by atoms with Crippen molar-refractivity contribution in [2.45, 2.75) is 47.0 Å². The van der Waals surface area contributed by atoms with E-state index in [9.17, 15) is 9.59 Å². The Hall–Kier alpha value is -1.32. The molecular weight excluding hydrogens is 208 g/mol. The summed E-state index contributed by atoms with van der Waals surface area (Å²) in [4.78, 5) is 22.2.